The van der Waals surface area contributed by atoms with Crippen LogP contribution < -0.4 is 10.6 Å². The normalized spacial score (nSPS) is 15.9. The maximum Gasteiger partial charge on any atom is 0.191 e. The van der Waals surface area contributed by atoms with Gasteiger partial charge in [0.2, 0.25) is 0 Å². The first-order valence-corrected chi connectivity index (χ1v) is 11.1. The molecule has 152 valence electrons. The monoisotopic (exact) mass is 420 g/mol. The van der Waals surface area contributed by atoms with E-state index in [1.807, 2.05) is 13.0 Å². The predicted molar refractivity (Wildman–Crippen MR) is 118 cm³/mol. The van der Waals surface area contributed by atoms with Crippen LogP contribution in [0.5, 0.6) is 0 Å². The fourth-order valence-electron chi connectivity index (χ4n) is 3.37. The van der Waals surface area contributed by atoms with E-state index in [4.69, 9.17) is 11.6 Å². The summed E-state index contributed by atoms with van der Waals surface area (Å²) in [6, 6.07) is 12.4. The first-order valence-electron chi connectivity index (χ1n) is 9.90. The highest BCUT2D eigenvalue weighted by molar-refractivity contribution is 7.16. The number of benzene rings is 1. The van der Waals surface area contributed by atoms with Crippen molar-refractivity contribution in [2.45, 2.75) is 32.4 Å². The highest BCUT2D eigenvalue weighted by Gasteiger charge is 2.15. The van der Waals surface area contributed by atoms with Crippen molar-refractivity contribution in [2.75, 3.05) is 32.7 Å². The second kappa shape index (κ2) is 10.8. The Morgan fingerprint density at radius 1 is 1.25 bits per heavy atom. The molecule has 28 heavy (non-hydrogen) atoms. The van der Waals surface area contributed by atoms with Gasteiger partial charge in [0, 0.05) is 37.6 Å². The second-order valence-electron chi connectivity index (χ2n) is 6.95. The van der Waals surface area contributed by atoms with Gasteiger partial charge in [-0.3, -0.25) is 9.89 Å². The molecular weight excluding hydrogens is 392 g/mol. The highest BCUT2D eigenvalue weighted by Crippen LogP contribution is 2.26. The minimum absolute atomic E-state index is 0.315. The van der Waals surface area contributed by atoms with E-state index in [1.165, 1.54) is 22.5 Å². The zero-order valence-corrected chi connectivity index (χ0v) is 17.9. The van der Waals surface area contributed by atoms with Crippen LogP contribution in [0.1, 0.15) is 35.5 Å². The molecule has 0 spiro atoms. The van der Waals surface area contributed by atoms with Gasteiger partial charge in [0.15, 0.2) is 5.96 Å². The molecule has 1 unspecified atom stereocenters. The smallest absolute Gasteiger partial charge is 0.191 e. The summed E-state index contributed by atoms with van der Waals surface area (Å²) in [5.74, 6) is 0.744. The molecule has 7 heteroatoms. The number of guanidine groups is 1. The zero-order valence-electron chi connectivity index (χ0n) is 16.3. The number of aliphatic imine (C=N–C) groups is 1. The Morgan fingerprint density at radius 2 is 2.07 bits per heavy atom. The van der Waals surface area contributed by atoms with Crippen LogP contribution in [0.3, 0.4) is 0 Å². The minimum Gasteiger partial charge on any atom is -0.386 e. The fraction of sp³-hybridized carbons (Fsp3) is 0.476. The zero-order chi connectivity index (χ0) is 19.8. The molecule has 3 rings (SSSR count). The number of nitrogens with zero attached hydrogens (tertiary/aromatic N) is 2. The fourth-order valence-corrected chi connectivity index (χ4v) is 4.41. The van der Waals surface area contributed by atoms with Crippen LogP contribution >= 0.6 is 22.9 Å². The van der Waals surface area contributed by atoms with E-state index in [9.17, 15) is 5.11 Å². The summed E-state index contributed by atoms with van der Waals surface area (Å²) in [5, 5.41) is 16.9. The van der Waals surface area contributed by atoms with E-state index >= 15 is 0 Å². The van der Waals surface area contributed by atoms with Gasteiger partial charge in [-0.05, 0) is 43.0 Å². The van der Waals surface area contributed by atoms with Gasteiger partial charge < -0.3 is 15.7 Å². The molecular formula is C21H29ClN4OS. The van der Waals surface area contributed by atoms with Gasteiger partial charge in [-0.1, -0.05) is 35.9 Å². The summed E-state index contributed by atoms with van der Waals surface area (Å²) in [6.07, 6.45) is 1.56. The Hall–Kier alpha value is -1.60. The second-order valence-corrected chi connectivity index (χ2v) is 8.70. The number of hydrogen-bond acceptors (Lipinski definition) is 4. The quantitative estimate of drug-likeness (QED) is 0.348. The van der Waals surface area contributed by atoms with Crippen molar-refractivity contribution in [2.24, 2.45) is 4.99 Å². The third-order valence-electron chi connectivity index (χ3n) is 4.84. The maximum atomic E-state index is 10.3. The van der Waals surface area contributed by atoms with Crippen LogP contribution in [0.15, 0.2) is 41.4 Å². The maximum absolute atomic E-state index is 10.3. The molecule has 0 fully saturated rings. The number of aliphatic hydroxyl groups is 1. The first-order chi connectivity index (χ1) is 13.7. The summed E-state index contributed by atoms with van der Waals surface area (Å²) in [6.45, 7) is 7.23. The first kappa shape index (κ1) is 21.1. The number of hydrogen-bond donors (Lipinski definition) is 3. The summed E-state index contributed by atoms with van der Waals surface area (Å²) in [5.41, 5.74) is 2.95. The average molecular weight is 421 g/mol. The van der Waals surface area contributed by atoms with Gasteiger partial charge in [-0.2, -0.15) is 0 Å². The Bertz CT molecular complexity index is 779. The number of halogens is 1. The molecule has 1 aliphatic heterocycles. The molecule has 1 atom stereocenters. The molecule has 5 nitrogen and oxygen atoms in total. The van der Waals surface area contributed by atoms with E-state index in [0.717, 1.165) is 56.4 Å². The van der Waals surface area contributed by atoms with Crippen LogP contribution in [-0.4, -0.2) is 48.7 Å². The summed E-state index contributed by atoms with van der Waals surface area (Å²) < 4.78 is 0.684. The van der Waals surface area contributed by atoms with E-state index in [0.29, 0.717) is 10.9 Å². The standard InChI is InChI=1S/C21H29ClN4OS/c1-2-23-21(25-14-18(27)19-8-9-20(22)28-19)24-11-5-12-26-13-10-16-6-3-4-7-17(16)15-26/h3-4,6-9,18,27H,2,5,10-15H2,1H3,(H2,23,24,25). The number of thiophene rings is 1. The lowest BCUT2D eigenvalue weighted by atomic mass is 10.00. The Morgan fingerprint density at radius 3 is 2.82 bits per heavy atom. The molecule has 0 radical (unpaired) electrons. The van der Waals surface area contributed by atoms with Gasteiger partial charge >= 0.3 is 0 Å². The van der Waals surface area contributed by atoms with Gasteiger partial charge in [0.25, 0.3) is 0 Å². The highest BCUT2D eigenvalue weighted by atomic mass is 35.5. The van der Waals surface area contributed by atoms with Gasteiger partial charge in [0.05, 0.1) is 10.9 Å². The molecule has 0 aliphatic carbocycles. The number of aliphatic hydroxyl groups excluding tert-OH is 1. The SMILES string of the molecule is CCNC(=NCC(O)c1ccc(Cl)s1)NCCCN1CCc2ccccc2C1. The van der Waals surface area contributed by atoms with Gasteiger partial charge in [-0.25, -0.2) is 0 Å². The van der Waals surface area contributed by atoms with Crippen molar-refractivity contribution in [1.29, 1.82) is 0 Å². The van der Waals surface area contributed by atoms with E-state index in [2.05, 4.69) is 44.8 Å². The van der Waals surface area contributed by atoms with Crippen molar-refractivity contribution in [1.82, 2.24) is 15.5 Å². The van der Waals surface area contributed by atoms with E-state index in [1.54, 1.807) is 6.07 Å². The summed E-state index contributed by atoms with van der Waals surface area (Å²) >= 11 is 7.33. The molecule has 1 aliphatic rings. The Kier molecular flexibility index (Phi) is 8.15. The molecule has 1 aromatic carbocycles. The molecule has 0 amide bonds. The van der Waals surface area contributed by atoms with Crippen LogP contribution in [0.25, 0.3) is 0 Å². The predicted octanol–water partition coefficient (Wildman–Crippen LogP) is 3.44. The number of nitrogens with one attached hydrogen (secondary N) is 2. The van der Waals surface area contributed by atoms with E-state index < -0.39 is 6.10 Å². The Balaban J connectivity index is 1.41. The molecule has 2 heterocycles. The molecule has 0 bridgehead atoms. The third-order valence-corrected chi connectivity index (χ3v) is 6.17. The topological polar surface area (TPSA) is 59.9 Å². The van der Waals surface area contributed by atoms with Crippen molar-refractivity contribution >= 4 is 28.9 Å². The van der Waals surface area contributed by atoms with Gasteiger partial charge in [-0.15, -0.1) is 11.3 Å². The van der Waals surface area contributed by atoms with Crippen molar-refractivity contribution < 1.29 is 5.11 Å². The lowest BCUT2D eigenvalue weighted by molar-refractivity contribution is 0.191. The Labute approximate surface area is 176 Å². The van der Waals surface area contributed by atoms with Crippen molar-refractivity contribution in [3.8, 4) is 0 Å². The lowest BCUT2D eigenvalue weighted by Crippen LogP contribution is -2.39. The molecule has 1 aromatic heterocycles. The molecule has 0 saturated carbocycles. The third kappa shape index (κ3) is 6.21. The van der Waals surface area contributed by atoms with Crippen molar-refractivity contribution in [3.05, 3.63) is 56.7 Å². The van der Waals surface area contributed by atoms with Gasteiger partial charge in [0.1, 0.15) is 6.10 Å². The summed E-state index contributed by atoms with van der Waals surface area (Å²) in [7, 11) is 0. The van der Waals surface area contributed by atoms with Crippen LogP contribution in [-0.2, 0) is 13.0 Å². The number of rotatable bonds is 8. The van der Waals surface area contributed by atoms with Crippen LogP contribution in [0.2, 0.25) is 4.34 Å². The minimum atomic E-state index is -0.624. The largest absolute Gasteiger partial charge is 0.386 e. The molecule has 2 aromatic rings. The number of fused-ring (bicyclic) bond motifs is 1. The van der Waals surface area contributed by atoms with Crippen molar-refractivity contribution in [3.63, 3.8) is 0 Å². The van der Waals surface area contributed by atoms with Crippen LogP contribution in [0.4, 0.5) is 0 Å². The lowest BCUT2D eigenvalue weighted by Gasteiger charge is -2.28. The van der Waals surface area contributed by atoms with Crippen LogP contribution in [0, 0.1) is 0 Å². The van der Waals surface area contributed by atoms with E-state index in [-0.39, 0.29) is 0 Å². The molecule has 3 N–H and O–H groups in total. The summed E-state index contributed by atoms with van der Waals surface area (Å²) in [4.78, 5) is 7.86. The molecule has 0 saturated heterocycles. The average Bonchev–Trinajstić information content (AvgIpc) is 3.15.